The van der Waals surface area contributed by atoms with Gasteiger partial charge in [-0.1, -0.05) is 56.5 Å². The maximum Gasteiger partial charge on any atom is 0.408 e. The minimum atomic E-state index is -0.538. The minimum Gasteiger partial charge on any atom is -0.444 e. The van der Waals surface area contributed by atoms with Gasteiger partial charge in [-0.25, -0.2) is 4.79 Å². The van der Waals surface area contributed by atoms with Gasteiger partial charge in [-0.15, -0.1) is 0 Å². The average Bonchev–Trinajstić information content (AvgIpc) is 2.78. The van der Waals surface area contributed by atoms with Crippen LogP contribution >= 0.6 is 12.2 Å². The predicted molar refractivity (Wildman–Crippen MR) is 138 cm³/mol. The number of morpholine rings is 1. The van der Waals surface area contributed by atoms with Crippen LogP contribution in [0.3, 0.4) is 0 Å². The molecule has 184 valence electrons. The van der Waals surface area contributed by atoms with Crippen LogP contribution in [0.15, 0.2) is 24.3 Å². The van der Waals surface area contributed by atoms with E-state index in [0.29, 0.717) is 4.99 Å². The van der Waals surface area contributed by atoms with Crippen molar-refractivity contribution in [2.24, 2.45) is 5.92 Å². The summed E-state index contributed by atoms with van der Waals surface area (Å²) in [5, 5.41) is 6.37. The molecule has 1 aromatic carbocycles. The fourth-order valence-corrected chi connectivity index (χ4v) is 4.83. The van der Waals surface area contributed by atoms with Gasteiger partial charge >= 0.3 is 6.09 Å². The van der Waals surface area contributed by atoms with E-state index in [1.165, 1.54) is 37.7 Å². The van der Waals surface area contributed by atoms with Gasteiger partial charge < -0.3 is 20.1 Å². The molecular weight excluding hydrogens is 434 g/mol. The summed E-state index contributed by atoms with van der Waals surface area (Å²) in [4.78, 5) is 15.5. The van der Waals surface area contributed by atoms with Crippen molar-refractivity contribution in [3.8, 4) is 0 Å². The molecule has 1 saturated carbocycles. The molecule has 0 bridgehead atoms. The summed E-state index contributed by atoms with van der Waals surface area (Å²) in [6.45, 7) is 10.1. The first-order chi connectivity index (χ1) is 15.8. The number of hydrogen-bond acceptors (Lipinski definition) is 5. The molecule has 1 aliphatic carbocycles. The average molecular weight is 476 g/mol. The lowest BCUT2D eigenvalue weighted by atomic mass is 9.85. The lowest BCUT2D eigenvalue weighted by molar-refractivity contribution is 0.0342. The first-order valence-corrected chi connectivity index (χ1v) is 12.9. The van der Waals surface area contributed by atoms with E-state index in [9.17, 15) is 4.79 Å². The summed E-state index contributed by atoms with van der Waals surface area (Å²) < 4.78 is 10.9. The summed E-state index contributed by atoms with van der Waals surface area (Å²) in [6, 6.07) is 8.16. The Hall–Kier alpha value is -1.70. The minimum absolute atomic E-state index is 0.246. The standard InChI is InChI=1S/C26H41N3O3S/c1-26(2,3)32-25(30)28-23(14-11-20-7-5-4-6-8-20)24(33)27-22-12-9-21(10-13-22)19-29-15-17-31-18-16-29/h9-10,12-13,20,23H,4-8,11,14-19H2,1-3H3,(H,27,33)(H,28,30)/t23-/m1/s1. The molecule has 1 saturated heterocycles. The van der Waals surface area contributed by atoms with Crippen molar-refractivity contribution in [1.29, 1.82) is 0 Å². The lowest BCUT2D eigenvalue weighted by Gasteiger charge is -2.27. The Bertz CT molecular complexity index is 751. The Morgan fingerprint density at radius 3 is 2.45 bits per heavy atom. The number of nitrogens with one attached hydrogen (secondary N) is 2. The maximum atomic E-state index is 12.5. The molecular formula is C26H41N3O3S. The zero-order valence-electron chi connectivity index (χ0n) is 20.5. The summed E-state index contributed by atoms with van der Waals surface area (Å²) in [5.74, 6) is 0.726. The highest BCUT2D eigenvalue weighted by Gasteiger charge is 2.24. The Balaban J connectivity index is 1.56. The van der Waals surface area contributed by atoms with Crippen molar-refractivity contribution < 1.29 is 14.3 Å². The highest BCUT2D eigenvalue weighted by molar-refractivity contribution is 7.80. The van der Waals surface area contributed by atoms with Crippen molar-refractivity contribution in [2.45, 2.75) is 83.9 Å². The Morgan fingerprint density at radius 2 is 1.82 bits per heavy atom. The van der Waals surface area contributed by atoms with Gasteiger partial charge in [0.2, 0.25) is 0 Å². The number of ether oxygens (including phenoxy) is 2. The van der Waals surface area contributed by atoms with Crippen LogP contribution in [-0.4, -0.2) is 53.9 Å². The second kappa shape index (κ2) is 12.7. The summed E-state index contributed by atoms with van der Waals surface area (Å²) in [7, 11) is 0. The Morgan fingerprint density at radius 1 is 1.15 bits per heavy atom. The van der Waals surface area contributed by atoms with Gasteiger partial charge in [0.1, 0.15) is 10.6 Å². The number of rotatable bonds is 8. The van der Waals surface area contributed by atoms with Crippen LogP contribution in [0.1, 0.15) is 71.3 Å². The zero-order chi connectivity index (χ0) is 23.7. The van der Waals surface area contributed by atoms with E-state index in [4.69, 9.17) is 21.7 Å². The van der Waals surface area contributed by atoms with Gasteiger partial charge in [-0.3, -0.25) is 4.90 Å². The predicted octanol–water partition coefficient (Wildman–Crippen LogP) is 5.51. The second-order valence-electron chi connectivity index (χ2n) is 10.4. The third-order valence-electron chi connectivity index (χ3n) is 6.33. The molecule has 2 N–H and O–H groups in total. The van der Waals surface area contributed by atoms with Gasteiger partial charge in [0, 0.05) is 25.3 Å². The number of carbonyl (C=O) groups is 1. The van der Waals surface area contributed by atoms with Gasteiger partial charge in [0.15, 0.2) is 0 Å². The molecule has 0 aromatic heterocycles. The summed E-state index contributed by atoms with van der Waals surface area (Å²) in [5.41, 5.74) is 1.68. The van der Waals surface area contributed by atoms with Crippen molar-refractivity contribution in [2.75, 3.05) is 31.6 Å². The number of nitrogens with zero attached hydrogens (tertiary/aromatic N) is 1. The highest BCUT2D eigenvalue weighted by Crippen LogP contribution is 2.28. The lowest BCUT2D eigenvalue weighted by Crippen LogP contribution is -2.45. The smallest absolute Gasteiger partial charge is 0.408 e. The van der Waals surface area contributed by atoms with Crippen LogP contribution in [0.5, 0.6) is 0 Å². The molecule has 0 spiro atoms. The molecule has 0 radical (unpaired) electrons. The largest absolute Gasteiger partial charge is 0.444 e. The quantitative estimate of drug-likeness (QED) is 0.483. The molecule has 1 atom stereocenters. The SMILES string of the molecule is CC(C)(C)OC(=O)N[C@H](CCC1CCCCC1)C(=S)Nc1ccc(CN2CCOCC2)cc1. The first-order valence-electron chi connectivity index (χ1n) is 12.5. The van der Waals surface area contributed by atoms with Crippen LogP contribution in [0.25, 0.3) is 0 Å². The normalized spacial score (nSPS) is 19.0. The number of carbonyl (C=O) groups excluding carboxylic acids is 1. The van der Waals surface area contributed by atoms with E-state index in [0.717, 1.165) is 57.3 Å². The van der Waals surface area contributed by atoms with E-state index < -0.39 is 11.7 Å². The van der Waals surface area contributed by atoms with Crippen LogP contribution in [0, 0.1) is 5.92 Å². The van der Waals surface area contributed by atoms with Crippen LogP contribution in [0.4, 0.5) is 10.5 Å². The van der Waals surface area contributed by atoms with E-state index in [1.54, 1.807) is 0 Å². The summed E-state index contributed by atoms with van der Waals surface area (Å²) >= 11 is 5.74. The van der Waals surface area contributed by atoms with Gasteiger partial charge in [0.25, 0.3) is 0 Å². The zero-order valence-corrected chi connectivity index (χ0v) is 21.3. The van der Waals surface area contributed by atoms with Crippen molar-refractivity contribution >= 4 is 29.0 Å². The third kappa shape index (κ3) is 9.59. The molecule has 1 heterocycles. The van der Waals surface area contributed by atoms with Crippen molar-refractivity contribution in [3.05, 3.63) is 29.8 Å². The topological polar surface area (TPSA) is 62.8 Å². The van der Waals surface area contributed by atoms with E-state index in [2.05, 4.69) is 39.8 Å². The molecule has 0 unspecified atom stereocenters. The number of amides is 1. The molecule has 6 nitrogen and oxygen atoms in total. The molecule has 2 fully saturated rings. The van der Waals surface area contributed by atoms with Crippen LogP contribution in [0.2, 0.25) is 0 Å². The van der Waals surface area contributed by atoms with Gasteiger partial charge in [0.05, 0.1) is 19.3 Å². The number of thiocarbonyl (C=S) groups is 1. The molecule has 1 amide bonds. The number of anilines is 1. The summed E-state index contributed by atoms with van der Waals surface area (Å²) in [6.07, 6.45) is 8.01. The highest BCUT2D eigenvalue weighted by atomic mass is 32.1. The number of benzene rings is 1. The fourth-order valence-electron chi connectivity index (χ4n) is 4.54. The Kier molecular flexibility index (Phi) is 9.95. The Labute approximate surface area is 204 Å². The van der Waals surface area contributed by atoms with Crippen molar-refractivity contribution in [3.63, 3.8) is 0 Å². The number of alkyl carbamates (subject to hydrolysis) is 1. The maximum absolute atomic E-state index is 12.5. The molecule has 3 rings (SSSR count). The van der Waals surface area contributed by atoms with E-state index >= 15 is 0 Å². The molecule has 2 aliphatic rings. The van der Waals surface area contributed by atoms with Crippen LogP contribution in [-0.2, 0) is 16.0 Å². The fraction of sp³-hybridized carbons (Fsp3) is 0.692. The van der Waals surface area contributed by atoms with Crippen molar-refractivity contribution in [1.82, 2.24) is 10.2 Å². The molecule has 1 aromatic rings. The van der Waals surface area contributed by atoms with Crippen LogP contribution < -0.4 is 10.6 Å². The molecule has 1 aliphatic heterocycles. The molecule has 33 heavy (non-hydrogen) atoms. The first kappa shape index (κ1) is 25.9. The van der Waals surface area contributed by atoms with Gasteiger partial charge in [-0.2, -0.15) is 0 Å². The third-order valence-corrected chi connectivity index (χ3v) is 6.71. The second-order valence-corrected chi connectivity index (χ2v) is 10.8. The van der Waals surface area contributed by atoms with E-state index in [1.807, 2.05) is 20.8 Å². The van der Waals surface area contributed by atoms with E-state index in [-0.39, 0.29) is 6.04 Å². The number of hydrogen-bond donors (Lipinski definition) is 2. The monoisotopic (exact) mass is 475 g/mol. The molecule has 7 heteroatoms. The van der Waals surface area contributed by atoms with Gasteiger partial charge in [-0.05, 0) is 57.2 Å².